The number of thiocarbonyl (C=S) groups is 1. The second-order valence-electron chi connectivity index (χ2n) is 6.50. The van der Waals surface area contributed by atoms with Crippen molar-refractivity contribution in [3.8, 4) is 0 Å². The fourth-order valence-electron chi connectivity index (χ4n) is 3.13. The Morgan fingerprint density at radius 3 is 2.88 bits per heavy atom. The summed E-state index contributed by atoms with van der Waals surface area (Å²) in [5.41, 5.74) is 3.50. The number of anilines is 1. The van der Waals surface area contributed by atoms with Crippen LogP contribution in [0.5, 0.6) is 0 Å². The van der Waals surface area contributed by atoms with Gasteiger partial charge in [-0.15, -0.1) is 10.2 Å². The summed E-state index contributed by atoms with van der Waals surface area (Å²) >= 11 is 5.49. The van der Waals surface area contributed by atoms with Gasteiger partial charge in [0.05, 0.1) is 6.04 Å². The normalized spacial score (nSPS) is 15.3. The topological polar surface area (TPSA) is 54.8 Å². The third kappa shape index (κ3) is 3.59. The summed E-state index contributed by atoms with van der Waals surface area (Å²) < 4.78 is 2.26. The lowest BCUT2D eigenvalue weighted by Gasteiger charge is -2.19. The van der Waals surface area contributed by atoms with E-state index in [0.717, 1.165) is 30.3 Å². The molecule has 0 bridgehead atoms. The van der Waals surface area contributed by atoms with Crippen LogP contribution >= 0.6 is 12.2 Å². The predicted octanol–water partition coefficient (Wildman–Crippen LogP) is 3.67. The molecule has 2 heterocycles. The van der Waals surface area contributed by atoms with Crippen molar-refractivity contribution in [1.82, 2.24) is 20.1 Å². The highest BCUT2D eigenvalue weighted by Crippen LogP contribution is 2.20. The van der Waals surface area contributed by atoms with Crippen LogP contribution in [-0.4, -0.2) is 19.9 Å². The average molecular weight is 344 g/mol. The second-order valence-corrected chi connectivity index (χ2v) is 6.91. The molecule has 0 saturated heterocycles. The van der Waals surface area contributed by atoms with E-state index >= 15 is 0 Å². The van der Waals surface area contributed by atoms with E-state index in [0.29, 0.717) is 5.11 Å². The number of aromatic nitrogens is 3. The van der Waals surface area contributed by atoms with E-state index in [1.807, 2.05) is 12.1 Å². The van der Waals surface area contributed by atoms with Crippen LogP contribution in [0, 0.1) is 13.8 Å². The maximum Gasteiger partial charge on any atom is 0.171 e. The van der Waals surface area contributed by atoms with Gasteiger partial charge in [-0.05, 0) is 63.0 Å². The number of benzene rings is 1. The molecule has 128 valence electrons. The fraction of sp³-hybridized carbons (Fsp3) is 0.500. The Kier molecular flexibility index (Phi) is 5.14. The van der Waals surface area contributed by atoms with Gasteiger partial charge >= 0.3 is 0 Å². The first-order valence-electron chi connectivity index (χ1n) is 8.62. The van der Waals surface area contributed by atoms with Gasteiger partial charge in [-0.2, -0.15) is 0 Å². The summed E-state index contributed by atoms with van der Waals surface area (Å²) in [4.78, 5) is 0. The quantitative estimate of drug-likeness (QED) is 0.833. The van der Waals surface area contributed by atoms with Crippen LogP contribution < -0.4 is 10.6 Å². The molecule has 6 heteroatoms. The van der Waals surface area contributed by atoms with Crippen molar-refractivity contribution in [3.05, 3.63) is 41.0 Å². The minimum absolute atomic E-state index is 0.0227. The van der Waals surface area contributed by atoms with Gasteiger partial charge < -0.3 is 15.2 Å². The fourth-order valence-corrected chi connectivity index (χ4v) is 3.42. The zero-order valence-electron chi connectivity index (χ0n) is 14.6. The lowest BCUT2D eigenvalue weighted by molar-refractivity contribution is 0.559. The summed E-state index contributed by atoms with van der Waals surface area (Å²) in [5.74, 6) is 2.07. The molecule has 0 fully saturated rings. The highest BCUT2D eigenvalue weighted by Gasteiger charge is 2.19. The molecule has 0 radical (unpaired) electrons. The number of aryl methyl sites for hydroxylation is 2. The maximum absolute atomic E-state index is 5.49. The number of nitrogens with one attached hydrogen (secondary N) is 2. The highest BCUT2D eigenvalue weighted by atomic mass is 32.1. The summed E-state index contributed by atoms with van der Waals surface area (Å²) in [6.07, 6.45) is 4.67. The first-order chi connectivity index (χ1) is 11.6. The van der Waals surface area contributed by atoms with Gasteiger partial charge in [0, 0.05) is 18.7 Å². The van der Waals surface area contributed by atoms with Crippen molar-refractivity contribution in [2.24, 2.45) is 0 Å². The SMILES string of the molecule is Cc1cccc(NC(=S)NC(C)c2nnc3n2CCCCC3)c1C. The average Bonchev–Trinajstić information content (AvgIpc) is 2.81. The zero-order valence-corrected chi connectivity index (χ0v) is 15.4. The van der Waals surface area contributed by atoms with Crippen LogP contribution in [-0.2, 0) is 13.0 Å². The van der Waals surface area contributed by atoms with Crippen LogP contribution in [0.3, 0.4) is 0 Å². The molecule has 0 spiro atoms. The largest absolute Gasteiger partial charge is 0.353 e. The standard InChI is InChI=1S/C18H25N5S/c1-12-8-7-9-15(13(12)2)20-18(24)19-14(3)17-22-21-16-10-5-4-6-11-23(16)17/h7-9,14H,4-6,10-11H2,1-3H3,(H2,19,20,24). The zero-order chi connectivity index (χ0) is 17.1. The summed E-state index contributed by atoms with van der Waals surface area (Å²) in [7, 11) is 0. The molecule has 0 amide bonds. The molecule has 2 aromatic rings. The van der Waals surface area contributed by atoms with Gasteiger partial charge in [0.25, 0.3) is 0 Å². The first-order valence-corrected chi connectivity index (χ1v) is 9.03. The highest BCUT2D eigenvalue weighted by molar-refractivity contribution is 7.80. The summed E-state index contributed by atoms with van der Waals surface area (Å²) in [6.45, 7) is 7.29. The Morgan fingerprint density at radius 2 is 2.04 bits per heavy atom. The Morgan fingerprint density at radius 1 is 1.21 bits per heavy atom. The van der Waals surface area contributed by atoms with Gasteiger partial charge in [0.1, 0.15) is 5.82 Å². The van der Waals surface area contributed by atoms with Crippen LogP contribution in [0.2, 0.25) is 0 Å². The first kappa shape index (κ1) is 16.9. The Labute approximate surface area is 148 Å². The third-order valence-electron chi connectivity index (χ3n) is 4.73. The van der Waals surface area contributed by atoms with Crippen LogP contribution in [0.4, 0.5) is 5.69 Å². The van der Waals surface area contributed by atoms with E-state index in [1.54, 1.807) is 0 Å². The summed E-state index contributed by atoms with van der Waals surface area (Å²) in [6, 6.07) is 6.21. The molecular weight excluding hydrogens is 318 g/mol. The van der Waals surface area contributed by atoms with Crippen molar-refractivity contribution in [2.45, 2.75) is 59.0 Å². The lowest BCUT2D eigenvalue weighted by Crippen LogP contribution is -2.32. The molecule has 1 atom stereocenters. The van der Waals surface area contributed by atoms with Gasteiger partial charge in [0.2, 0.25) is 0 Å². The molecular formula is C18H25N5S. The second kappa shape index (κ2) is 7.30. The Hall–Kier alpha value is -1.95. The molecule has 2 N–H and O–H groups in total. The van der Waals surface area contributed by atoms with Gasteiger partial charge in [-0.3, -0.25) is 0 Å². The van der Waals surface area contributed by atoms with E-state index in [4.69, 9.17) is 12.2 Å². The third-order valence-corrected chi connectivity index (χ3v) is 4.95. The van der Waals surface area contributed by atoms with E-state index in [1.165, 1.54) is 30.4 Å². The number of rotatable bonds is 3. The molecule has 24 heavy (non-hydrogen) atoms. The minimum atomic E-state index is 0.0227. The van der Waals surface area contributed by atoms with E-state index < -0.39 is 0 Å². The molecule has 1 aliphatic rings. The number of fused-ring (bicyclic) bond motifs is 1. The lowest BCUT2D eigenvalue weighted by atomic mass is 10.1. The molecule has 0 saturated carbocycles. The van der Waals surface area contributed by atoms with Crippen molar-refractivity contribution >= 4 is 23.0 Å². The van der Waals surface area contributed by atoms with Crippen molar-refractivity contribution in [3.63, 3.8) is 0 Å². The van der Waals surface area contributed by atoms with Gasteiger partial charge in [-0.1, -0.05) is 18.6 Å². The minimum Gasteiger partial charge on any atom is -0.353 e. The molecule has 5 nitrogen and oxygen atoms in total. The smallest absolute Gasteiger partial charge is 0.171 e. The van der Waals surface area contributed by atoms with Crippen molar-refractivity contribution in [1.29, 1.82) is 0 Å². The Balaban J connectivity index is 1.68. The molecule has 1 aromatic heterocycles. The monoisotopic (exact) mass is 343 g/mol. The summed E-state index contributed by atoms with van der Waals surface area (Å²) in [5, 5.41) is 16.0. The van der Waals surface area contributed by atoms with Crippen LogP contribution in [0.25, 0.3) is 0 Å². The number of hydrogen-bond donors (Lipinski definition) is 2. The van der Waals surface area contributed by atoms with Gasteiger partial charge in [0.15, 0.2) is 10.9 Å². The predicted molar refractivity (Wildman–Crippen MR) is 101 cm³/mol. The molecule has 3 rings (SSSR count). The maximum atomic E-state index is 5.49. The number of hydrogen-bond acceptors (Lipinski definition) is 3. The van der Waals surface area contributed by atoms with Crippen LogP contribution in [0.1, 0.15) is 55.0 Å². The Bertz CT molecular complexity index is 737. The van der Waals surface area contributed by atoms with Gasteiger partial charge in [-0.25, -0.2) is 0 Å². The van der Waals surface area contributed by atoms with Crippen molar-refractivity contribution in [2.75, 3.05) is 5.32 Å². The van der Waals surface area contributed by atoms with E-state index in [2.05, 4.69) is 52.2 Å². The number of nitrogens with zero attached hydrogens (tertiary/aromatic N) is 3. The molecule has 1 aliphatic heterocycles. The van der Waals surface area contributed by atoms with Crippen molar-refractivity contribution < 1.29 is 0 Å². The molecule has 0 aliphatic carbocycles. The van der Waals surface area contributed by atoms with Crippen LogP contribution in [0.15, 0.2) is 18.2 Å². The van der Waals surface area contributed by atoms with E-state index in [9.17, 15) is 0 Å². The molecule has 1 aromatic carbocycles. The van der Waals surface area contributed by atoms with E-state index in [-0.39, 0.29) is 6.04 Å². The molecule has 1 unspecified atom stereocenters.